The lowest BCUT2D eigenvalue weighted by molar-refractivity contribution is -0.136. The lowest BCUT2D eigenvalue weighted by Crippen LogP contribution is -2.05. The monoisotopic (exact) mass is 256 g/mol. The molecule has 0 bridgehead atoms. The fraction of sp³-hybridized carbons (Fsp3) is 0.400. The van der Waals surface area contributed by atoms with Gasteiger partial charge in [-0.3, -0.25) is 9.20 Å². The van der Waals surface area contributed by atoms with Crippen LogP contribution in [0, 0.1) is 0 Å². The summed E-state index contributed by atoms with van der Waals surface area (Å²) in [5, 5.41) is 10.7. The number of aliphatic carboxylic acids is 1. The van der Waals surface area contributed by atoms with E-state index >= 15 is 0 Å². The molecule has 0 radical (unpaired) electrons. The van der Waals surface area contributed by atoms with Gasteiger partial charge in [0.1, 0.15) is 0 Å². The van der Waals surface area contributed by atoms with Gasteiger partial charge in [0.15, 0.2) is 4.96 Å². The molecule has 86 valence electrons. The maximum Gasteiger partial charge on any atom is 0.304 e. The molecule has 0 saturated heterocycles. The van der Waals surface area contributed by atoms with Gasteiger partial charge in [-0.1, -0.05) is 6.92 Å². The van der Waals surface area contributed by atoms with Crippen molar-refractivity contribution in [1.82, 2.24) is 9.38 Å². The summed E-state index contributed by atoms with van der Waals surface area (Å²) in [6, 6.07) is 0. The third-order valence-corrected chi connectivity index (χ3v) is 4.09. The second-order valence-electron chi connectivity index (χ2n) is 3.54. The van der Waals surface area contributed by atoms with Crippen molar-refractivity contribution in [3.05, 3.63) is 23.5 Å². The molecule has 0 amide bonds. The zero-order chi connectivity index (χ0) is 11.5. The average molecular weight is 256 g/mol. The highest BCUT2D eigenvalue weighted by molar-refractivity contribution is 7.99. The van der Waals surface area contributed by atoms with Crippen molar-refractivity contribution in [3.63, 3.8) is 0 Å². The summed E-state index contributed by atoms with van der Waals surface area (Å²) in [7, 11) is 0. The summed E-state index contributed by atoms with van der Waals surface area (Å²) in [4.78, 5) is 15.9. The number of aromatic nitrogens is 2. The Morgan fingerprint density at radius 1 is 1.75 bits per heavy atom. The van der Waals surface area contributed by atoms with Crippen LogP contribution in [0.15, 0.2) is 17.8 Å². The van der Waals surface area contributed by atoms with Crippen LogP contribution in [-0.4, -0.2) is 25.7 Å². The first-order valence-corrected chi connectivity index (χ1v) is 6.82. The Balaban J connectivity index is 1.90. The van der Waals surface area contributed by atoms with Crippen LogP contribution in [-0.2, 0) is 10.5 Å². The second kappa shape index (κ2) is 4.88. The number of carboxylic acid groups (broad SMARTS) is 1. The van der Waals surface area contributed by atoms with E-state index in [2.05, 4.69) is 4.98 Å². The highest BCUT2D eigenvalue weighted by Crippen LogP contribution is 2.21. The molecule has 16 heavy (non-hydrogen) atoms. The van der Waals surface area contributed by atoms with Crippen molar-refractivity contribution in [1.29, 1.82) is 0 Å². The van der Waals surface area contributed by atoms with Gasteiger partial charge >= 0.3 is 5.97 Å². The minimum absolute atomic E-state index is 0.122. The van der Waals surface area contributed by atoms with Gasteiger partial charge in [0.05, 0.1) is 12.1 Å². The molecule has 1 unspecified atom stereocenters. The number of rotatable bonds is 5. The van der Waals surface area contributed by atoms with Gasteiger partial charge in [0.25, 0.3) is 0 Å². The van der Waals surface area contributed by atoms with E-state index in [9.17, 15) is 4.79 Å². The van der Waals surface area contributed by atoms with Crippen LogP contribution in [0.4, 0.5) is 0 Å². The van der Waals surface area contributed by atoms with Gasteiger partial charge in [-0.25, -0.2) is 4.98 Å². The molecule has 2 aromatic heterocycles. The van der Waals surface area contributed by atoms with Gasteiger partial charge in [0.2, 0.25) is 0 Å². The van der Waals surface area contributed by atoms with Crippen LogP contribution >= 0.6 is 23.1 Å². The topological polar surface area (TPSA) is 54.6 Å². The van der Waals surface area contributed by atoms with Gasteiger partial charge in [-0.05, 0) is 0 Å². The van der Waals surface area contributed by atoms with Crippen LogP contribution in [0.25, 0.3) is 4.96 Å². The first-order chi connectivity index (χ1) is 7.65. The maximum atomic E-state index is 10.5. The number of fused-ring (bicyclic) bond motifs is 1. The van der Waals surface area contributed by atoms with E-state index in [1.165, 1.54) is 0 Å². The molecule has 0 aliphatic carbocycles. The number of nitrogens with zero attached hydrogens (tertiary/aromatic N) is 2. The van der Waals surface area contributed by atoms with Crippen molar-refractivity contribution >= 4 is 34.0 Å². The van der Waals surface area contributed by atoms with Crippen LogP contribution in [0.3, 0.4) is 0 Å². The number of hydrogen-bond donors (Lipinski definition) is 1. The number of thioether (sulfide) groups is 1. The predicted octanol–water partition coefficient (Wildman–Crippen LogP) is 2.49. The Hall–Kier alpha value is -1.01. The van der Waals surface area contributed by atoms with Gasteiger partial charge in [-0.2, -0.15) is 11.8 Å². The van der Waals surface area contributed by atoms with Gasteiger partial charge < -0.3 is 5.11 Å². The van der Waals surface area contributed by atoms with E-state index in [-0.39, 0.29) is 11.7 Å². The van der Waals surface area contributed by atoms with Crippen molar-refractivity contribution in [2.75, 3.05) is 0 Å². The second-order valence-corrected chi connectivity index (χ2v) is 5.84. The Bertz CT molecular complexity index is 463. The first kappa shape index (κ1) is 11.5. The van der Waals surface area contributed by atoms with Crippen molar-refractivity contribution in [2.24, 2.45) is 0 Å². The number of imidazole rings is 1. The third-order valence-electron chi connectivity index (χ3n) is 2.12. The van der Waals surface area contributed by atoms with Crippen LogP contribution < -0.4 is 0 Å². The standard InChI is InChI=1S/C10H12N2O2S2/c1-7(4-9(13)14)16-6-8-5-12-2-3-15-10(12)11-8/h2-3,5,7H,4,6H2,1H3,(H,13,14). The third kappa shape index (κ3) is 2.76. The van der Waals surface area contributed by atoms with E-state index in [0.29, 0.717) is 0 Å². The molecule has 2 heterocycles. The molecule has 6 heteroatoms. The Morgan fingerprint density at radius 2 is 2.56 bits per heavy atom. The van der Waals surface area contributed by atoms with Crippen molar-refractivity contribution in [3.8, 4) is 0 Å². The van der Waals surface area contributed by atoms with E-state index in [4.69, 9.17) is 5.11 Å². The highest BCUT2D eigenvalue weighted by Gasteiger charge is 2.09. The summed E-state index contributed by atoms with van der Waals surface area (Å²) >= 11 is 3.23. The first-order valence-electron chi connectivity index (χ1n) is 4.89. The van der Waals surface area contributed by atoms with Crippen molar-refractivity contribution in [2.45, 2.75) is 24.3 Å². The normalized spacial score (nSPS) is 13.1. The van der Waals surface area contributed by atoms with Crippen LogP contribution in [0.5, 0.6) is 0 Å². The molecule has 0 spiro atoms. The summed E-state index contributed by atoms with van der Waals surface area (Å²) in [5.74, 6) is 0.0221. The SMILES string of the molecule is CC(CC(=O)O)SCc1cn2ccsc2n1. The van der Waals surface area contributed by atoms with E-state index < -0.39 is 5.97 Å². The fourth-order valence-electron chi connectivity index (χ4n) is 1.38. The number of carboxylic acids is 1. The van der Waals surface area contributed by atoms with E-state index in [0.717, 1.165) is 16.4 Å². The summed E-state index contributed by atoms with van der Waals surface area (Å²) < 4.78 is 1.99. The van der Waals surface area contributed by atoms with Crippen molar-refractivity contribution < 1.29 is 9.90 Å². The van der Waals surface area contributed by atoms with Crippen LogP contribution in [0.1, 0.15) is 19.0 Å². The number of carbonyl (C=O) groups is 1. The molecule has 1 N–H and O–H groups in total. The predicted molar refractivity (Wildman–Crippen MR) is 66.1 cm³/mol. The highest BCUT2D eigenvalue weighted by atomic mass is 32.2. The zero-order valence-electron chi connectivity index (χ0n) is 8.79. The Kier molecular flexibility index (Phi) is 3.50. The molecular weight excluding hydrogens is 244 g/mol. The smallest absolute Gasteiger partial charge is 0.304 e. The average Bonchev–Trinajstić information content (AvgIpc) is 2.72. The molecule has 0 aliphatic rings. The molecule has 0 aliphatic heterocycles. The van der Waals surface area contributed by atoms with E-state index in [1.807, 2.05) is 29.1 Å². The quantitative estimate of drug-likeness (QED) is 0.893. The molecule has 0 aromatic carbocycles. The Labute approximate surface area is 101 Å². The van der Waals surface area contributed by atoms with Gasteiger partial charge in [0, 0.05) is 28.8 Å². The maximum absolute atomic E-state index is 10.5. The minimum Gasteiger partial charge on any atom is -0.481 e. The lowest BCUT2D eigenvalue weighted by atomic mass is 10.3. The molecular formula is C10H12N2O2S2. The number of thiazole rings is 1. The van der Waals surface area contributed by atoms with E-state index in [1.54, 1.807) is 23.1 Å². The lowest BCUT2D eigenvalue weighted by Gasteiger charge is -2.05. The fourth-order valence-corrected chi connectivity index (χ4v) is 2.95. The summed E-state index contributed by atoms with van der Waals surface area (Å²) in [5.41, 5.74) is 1.01. The molecule has 0 saturated carbocycles. The van der Waals surface area contributed by atoms with Gasteiger partial charge in [-0.15, -0.1) is 11.3 Å². The molecule has 1 atom stereocenters. The zero-order valence-corrected chi connectivity index (χ0v) is 10.4. The molecule has 0 fully saturated rings. The molecule has 2 aromatic rings. The summed E-state index contributed by atoms with van der Waals surface area (Å²) in [6.07, 6.45) is 4.17. The molecule has 2 rings (SSSR count). The molecule has 4 nitrogen and oxygen atoms in total. The minimum atomic E-state index is -0.745. The number of hydrogen-bond acceptors (Lipinski definition) is 4. The largest absolute Gasteiger partial charge is 0.481 e. The summed E-state index contributed by atoms with van der Waals surface area (Å²) in [6.45, 7) is 1.93. The Morgan fingerprint density at radius 3 is 3.25 bits per heavy atom. The van der Waals surface area contributed by atoms with Crippen LogP contribution in [0.2, 0.25) is 0 Å².